The van der Waals surface area contributed by atoms with Crippen LogP contribution in [0.1, 0.15) is 25.7 Å². The lowest BCUT2D eigenvalue weighted by Crippen LogP contribution is -2.07. The van der Waals surface area contributed by atoms with Gasteiger partial charge in [-0.05, 0) is 24.8 Å². The van der Waals surface area contributed by atoms with Gasteiger partial charge in [0.25, 0.3) is 5.69 Å². The molecule has 5 heteroatoms. The fraction of sp³-hybridized carbons (Fsp3) is 0.462. The number of nitro groups is 1. The molecule has 1 aromatic heterocycles. The van der Waals surface area contributed by atoms with Gasteiger partial charge in [0.05, 0.1) is 10.4 Å². The van der Waals surface area contributed by atoms with Gasteiger partial charge in [-0.15, -0.1) is 0 Å². The molecule has 1 fully saturated rings. The number of hydrogen-bond acceptors (Lipinski definition) is 3. The molecule has 1 heterocycles. The monoisotopic (exact) mass is 245 g/mol. The van der Waals surface area contributed by atoms with Crippen LogP contribution >= 0.6 is 0 Å². The SMILES string of the molecule is O=[N+]([O-])c1ccc2nn(CC3CCCC3)cc2c1. The van der Waals surface area contributed by atoms with E-state index >= 15 is 0 Å². The van der Waals surface area contributed by atoms with Gasteiger partial charge in [0, 0.05) is 30.3 Å². The number of rotatable bonds is 3. The van der Waals surface area contributed by atoms with Crippen molar-refractivity contribution >= 4 is 16.6 Å². The zero-order valence-electron chi connectivity index (χ0n) is 10.1. The first-order valence-corrected chi connectivity index (χ1v) is 6.34. The average Bonchev–Trinajstić information content (AvgIpc) is 2.96. The summed E-state index contributed by atoms with van der Waals surface area (Å²) in [4.78, 5) is 10.3. The van der Waals surface area contributed by atoms with E-state index in [4.69, 9.17) is 0 Å². The normalized spacial score (nSPS) is 16.4. The minimum absolute atomic E-state index is 0.128. The Hall–Kier alpha value is -1.91. The third-order valence-corrected chi connectivity index (χ3v) is 3.67. The molecule has 1 saturated carbocycles. The fourth-order valence-corrected chi connectivity index (χ4v) is 2.73. The Morgan fingerprint density at radius 2 is 2.17 bits per heavy atom. The second-order valence-electron chi connectivity index (χ2n) is 5.00. The summed E-state index contributed by atoms with van der Waals surface area (Å²) in [5.41, 5.74) is 0.960. The number of aromatic nitrogens is 2. The summed E-state index contributed by atoms with van der Waals surface area (Å²) in [7, 11) is 0. The molecule has 2 aromatic rings. The molecule has 94 valence electrons. The van der Waals surface area contributed by atoms with Crippen LogP contribution in [0.25, 0.3) is 10.9 Å². The van der Waals surface area contributed by atoms with Crippen molar-refractivity contribution in [3.8, 4) is 0 Å². The van der Waals surface area contributed by atoms with Crippen molar-refractivity contribution in [2.75, 3.05) is 0 Å². The lowest BCUT2D eigenvalue weighted by atomic mass is 10.1. The number of nitrogens with zero attached hydrogens (tertiary/aromatic N) is 3. The van der Waals surface area contributed by atoms with Crippen LogP contribution in [0, 0.1) is 16.0 Å². The molecule has 0 aliphatic heterocycles. The van der Waals surface area contributed by atoms with Gasteiger partial charge in [-0.1, -0.05) is 12.8 Å². The summed E-state index contributed by atoms with van der Waals surface area (Å²) in [6, 6.07) is 4.82. The first-order valence-electron chi connectivity index (χ1n) is 6.34. The predicted molar refractivity (Wildman–Crippen MR) is 68.3 cm³/mol. The van der Waals surface area contributed by atoms with Gasteiger partial charge in [-0.25, -0.2) is 0 Å². The molecule has 0 saturated heterocycles. The van der Waals surface area contributed by atoms with Gasteiger partial charge in [0.1, 0.15) is 0 Å². The summed E-state index contributed by atoms with van der Waals surface area (Å²) in [5, 5.41) is 16.0. The standard InChI is InChI=1S/C13H15N3O2/c17-16(18)12-5-6-13-11(7-12)9-15(14-13)8-10-3-1-2-4-10/h5-7,9-10H,1-4,8H2. The minimum Gasteiger partial charge on any atom is -0.271 e. The van der Waals surface area contributed by atoms with Crippen LogP contribution < -0.4 is 0 Å². The van der Waals surface area contributed by atoms with E-state index in [1.165, 1.54) is 31.7 Å². The zero-order valence-corrected chi connectivity index (χ0v) is 10.1. The third-order valence-electron chi connectivity index (χ3n) is 3.67. The van der Waals surface area contributed by atoms with Gasteiger partial charge >= 0.3 is 0 Å². The Labute approximate surface area is 105 Å². The molecule has 1 aliphatic carbocycles. The van der Waals surface area contributed by atoms with Crippen LogP contribution in [-0.2, 0) is 6.54 Å². The first kappa shape index (κ1) is 11.2. The van der Waals surface area contributed by atoms with Crippen molar-refractivity contribution in [2.24, 2.45) is 5.92 Å². The molecule has 0 N–H and O–H groups in total. The van der Waals surface area contributed by atoms with Crippen molar-refractivity contribution < 1.29 is 4.92 Å². The minimum atomic E-state index is -0.367. The van der Waals surface area contributed by atoms with Gasteiger partial charge in [-0.2, -0.15) is 5.10 Å². The largest absolute Gasteiger partial charge is 0.271 e. The zero-order chi connectivity index (χ0) is 12.5. The van der Waals surface area contributed by atoms with E-state index in [2.05, 4.69) is 5.10 Å². The molecule has 0 radical (unpaired) electrons. The summed E-state index contributed by atoms with van der Waals surface area (Å²) in [5.74, 6) is 0.717. The molecule has 1 aromatic carbocycles. The van der Waals surface area contributed by atoms with E-state index in [0.29, 0.717) is 5.92 Å². The number of benzene rings is 1. The lowest BCUT2D eigenvalue weighted by Gasteiger charge is -2.07. The Morgan fingerprint density at radius 1 is 1.39 bits per heavy atom. The second kappa shape index (κ2) is 4.40. The highest BCUT2D eigenvalue weighted by atomic mass is 16.6. The molecule has 0 bridgehead atoms. The van der Waals surface area contributed by atoms with E-state index in [9.17, 15) is 10.1 Å². The summed E-state index contributed by atoms with van der Waals surface area (Å²) >= 11 is 0. The smallest absolute Gasteiger partial charge is 0.270 e. The molecule has 5 nitrogen and oxygen atoms in total. The Balaban J connectivity index is 1.87. The first-order chi connectivity index (χ1) is 8.72. The van der Waals surface area contributed by atoms with Crippen LogP contribution in [0.2, 0.25) is 0 Å². The van der Waals surface area contributed by atoms with Gasteiger partial charge < -0.3 is 0 Å². The van der Waals surface area contributed by atoms with Crippen molar-refractivity contribution in [3.05, 3.63) is 34.5 Å². The lowest BCUT2D eigenvalue weighted by molar-refractivity contribution is -0.384. The summed E-state index contributed by atoms with van der Waals surface area (Å²) < 4.78 is 1.93. The molecule has 18 heavy (non-hydrogen) atoms. The maximum atomic E-state index is 10.7. The maximum absolute atomic E-state index is 10.7. The highest BCUT2D eigenvalue weighted by Crippen LogP contribution is 2.27. The number of hydrogen-bond donors (Lipinski definition) is 0. The average molecular weight is 245 g/mol. The topological polar surface area (TPSA) is 61.0 Å². The van der Waals surface area contributed by atoms with E-state index in [0.717, 1.165) is 17.4 Å². The molecule has 1 aliphatic rings. The van der Waals surface area contributed by atoms with Gasteiger partial charge in [0.15, 0.2) is 0 Å². The molecule has 0 atom stereocenters. The molecule has 0 amide bonds. The number of fused-ring (bicyclic) bond motifs is 1. The summed E-state index contributed by atoms with van der Waals surface area (Å²) in [6.07, 6.45) is 7.10. The van der Waals surface area contributed by atoms with Crippen molar-refractivity contribution in [1.29, 1.82) is 0 Å². The fourth-order valence-electron chi connectivity index (χ4n) is 2.73. The Morgan fingerprint density at radius 3 is 2.89 bits per heavy atom. The summed E-state index contributed by atoms with van der Waals surface area (Å²) in [6.45, 7) is 0.933. The number of nitro benzene ring substituents is 1. The van der Waals surface area contributed by atoms with Crippen LogP contribution in [0.3, 0.4) is 0 Å². The van der Waals surface area contributed by atoms with E-state index in [1.54, 1.807) is 12.1 Å². The van der Waals surface area contributed by atoms with E-state index in [-0.39, 0.29) is 10.6 Å². The van der Waals surface area contributed by atoms with Crippen LogP contribution in [-0.4, -0.2) is 14.7 Å². The van der Waals surface area contributed by atoms with Crippen molar-refractivity contribution in [3.63, 3.8) is 0 Å². The van der Waals surface area contributed by atoms with Crippen molar-refractivity contribution in [1.82, 2.24) is 9.78 Å². The van der Waals surface area contributed by atoms with Gasteiger partial charge in [0.2, 0.25) is 0 Å². The Bertz CT molecular complexity index is 585. The molecular weight excluding hydrogens is 230 g/mol. The highest BCUT2D eigenvalue weighted by Gasteiger charge is 2.16. The molecule has 3 rings (SSSR count). The van der Waals surface area contributed by atoms with Crippen LogP contribution in [0.5, 0.6) is 0 Å². The molecule has 0 unspecified atom stereocenters. The quantitative estimate of drug-likeness (QED) is 0.616. The van der Waals surface area contributed by atoms with Crippen LogP contribution in [0.4, 0.5) is 5.69 Å². The van der Waals surface area contributed by atoms with Crippen LogP contribution in [0.15, 0.2) is 24.4 Å². The molecular formula is C13H15N3O2. The van der Waals surface area contributed by atoms with E-state index < -0.39 is 0 Å². The Kier molecular flexibility index (Phi) is 2.74. The predicted octanol–water partition coefficient (Wildman–Crippen LogP) is 3.13. The molecule has 0 spiro atoms. The second-order valence-corrected chi connectivity index (χ2v) is 5.00. The van der Waals surface area contributed by atoms with Gasteiger partial charge in [-0.3, -0.25) is 14.8 Å². The van der Waals surface area contributed by atoms with Crippen molar-refractivity contribution in [2.45, 2.75) is 32.2 Å². The maximum Gasteiger partial charge on any atom is 0.270 e. The third kappa shape index (κ3) is 2.08. The highest BCUT2D eigenvalue weighted by molar-refractivity contribution is 5.80. The van der Waals surface area contributed by atoms with E-state index in [1.807, 2.05) is 10.9 Å². The number of non-ortho nitro benzene ring substituents is 1.